The van der Waals surface area contributed by atoms with E-state index in [1.807, 2.05) is 41.9 Å². The Morgan fingerprint density at radius 1 is 1.23 bits per heavy atom. The first-order valence-corrected chi connectivity index (χ1v) is 13.6. The summed E-state index contributed by atoms with van der Waals surface area (Å²) in [5.74, 6) is -5.74. The standard InChI is InChI=1S/C28H28N4O7S/c1-31(2)16-9-15-23(39-27(30-15)11-5-6-40-10-11)18-13(16)7-12-8-14-20(32(3)4)22(34)19(26(29)37)25(36)28(14,38)24(35)17(12)21(18)33/h5-6,9-10,12,14,20,34-35,38H,7-8H2,1-4H3,(H2,29,37)/t12-,14-,20-,28-/m0/s1. The second kappa shape index (κ2) is 8.75. The molecule has 2 aromatic heterocycles. The lowest BCUT2D eigenvalue weighted by atomic mass is 9.58. The van der Waals surface area contributed by atoms with Crippen LogP contribution in [0.15, 0.2) is 50.0 Å². The van der Waals surface area contributed by atoms with Crippen LogP contribution in [0.4, 0.5) is 5.69 Å². The zero-order valence-corrected chi connectivity index (χ0v) is 23.1. The third kappa shape index (κ3) is 3.36. The van der Waals surface area contributed by atoms with Gasteiger partial charge >= 0.3 is 0 Å². The number of aliphatic hydroxyl groups is 3. The molecular formula is C28H28N4O7S. The maximum Gasteiger partial charge on any atom is 0.255 e. The minimum atomic E-state index is -2.63. The molecule has 1 aromatic carbocycles. The summed E-state index contributed by atoms with van der Waals surface area (Å²) >= 11 is 1.48. The summed E-state index contributed by atoms with van der Waals surface area (Å²) in [6.45, 7) is 0. The molecule has 0 saturated carbocycles. The van der Waals surface area contributed by atoms with E-state index in [1.54, 1.807) is 19.0 Å². The number of anilines is 1. The number of carbonyl (C=O) groups excluding carboxylic acids is 3. The normalized spacial score (nSPS) is 26.3. The molecule has 0 bridgehead atoms. The number of rotatable bonds is 4. The van der Waals surface area contributed by atoms with Gasteiger partial charge < -0.3 is 30.4 Å². The molecule has 0 unspecified atom stereocenters. The van der Waals surface area contributed by atoms with Gasteiger partial charge in [-0.05, 0) is 55.9 Å². The number of allylic oxidation sites excluding steroid dienone is 1. The van der Waals surface area contributed by atoms with Gasteiger partial charge in [0, 0.05) is 42.2 Å². The summed E-state index contributed by atoms with van der Waals surface area (Å²) < 4.78 is 6.11. The number of fused-ring (bicyclic) bond motifs is 5. The molecule has 40 heavy (non-hydrogen) atoms. The highest BCUT2D eigenvalue weighted by molar-refractivity contribution is 7.08. The van der Waals surface area contributed by atoms with Crippen LogP contribution in [0.1, 0.15) is 22.3 Å². The number of hydrogen-bond donors (Lipinski definition) is 4. The van der Waals surface area contributed by atoms with Crippen molar-refractivity contribution in [1.82, 2.24) is 9.88 Å². The Morgan fingerprint density at radius 2 is 1.95 bits per heavy atom. The average molecular weight is 565 g/mol. The van der Waals surface area contributed by atoms with Crippen LogP contribution in [0.25, 0.3) is 22.6 Å². The Balaban J connectivity index is 1.59. The molecule has 208 valence electrons. The monoisotopic (exact) mass is 564 g/mol. The van der Waals surface area contributed by atoms with E-state index >= 15 is 0 Å². The van der Waals surface area contributed by atoms with Crippen LogP contribution >= 0.6 is 11.3 Å². The van der Waals surface area contributed by atoms with Gasteiger partial charge in [-0.15, -0.1) is 0 Å². The van der Waals surface area contributed by atoms with E-state index in [9.17, 15) is 29.7 Å². The summed E-state index contributed by atoms with van der Waals surface area (Å²) in [4.78, 5) is 48.0. The van der Waals surface area contributed by atoms with Crippen molar-refractivity contribution in [2.45, 2.75) is 24.5 Å². The third-order valence-electron chi connectivity index (χ3n) is 8.33. The molecule has 0 spiro atoms. The van der Waals surface area contributed by atoms with Crippen molar-refractivity contribution in [2.75, 3.05) is 33.1 Å². The number of nitrogens with two attached hydrogens (primary N) is 1. The number of primary amides is 1. The number of likely N-dealkylation sites (N-methyl/N-ethyl adjacent to an activating group) is 1. The SMILES string of the molecule is CN(C)c1cc2nc(-c3ccsc3)oc2c2c1C[C@H]1C[C@H]3[C@H](N(C)C)C(O)=C(C(N)=O)C(=O)[C@@]3(O)C(O)=C1C2=O. The molecule has 0 radical (unpaired) electrons. The number of aliphatic hydroxyl groups excluding tert-OH is 2. The molecule has 2 heterocycles. The summed E-state index contributed by atoms with van der Waals surface area (Å²) in [7, 11) is 6.93. The Bertz CT molecular complexity index is 1680. The Morgan fingerprint density at radius 3 is 2.55 bits per heavy atom. The van der Waals surface area contributed by atoms with Crippen molar-refractivity contribution < 1.29 is 34.1 Å². The molecule has 6 rings (SSSR count). The van der Waals surface area contributed by atoms with Gasteiger partial charge in [0.25, 0.3) is 5.91 Å². The number of amides is 1. The van der Waals surface area contributed by atoms with Crippen LogP contribution in [-0.2, 0) is 16.0 Å². The molecule has 3 aliphatic carbocycles. The minimum Gasteiger partial charge on any atom is -0.510 e. The topological polar surface area (TPSA) is 170 Å². The zero-order chi connectivity index (χ0) is 28.8. The van der Waals surface area contributed by atoms with E-state index in [2.05, 4.69) is 4.98 Å². The smallest absolute Gasteiger partial charge is 0.255 e. The highest BCUT2D eigenvalue weighted by atomic mass is 32.1. The maximum atomic E-state index is 14.3. The van der Waals surface area contributed by atoms with Crippen LogP contribution in [0.3, 0.4) is 0 Å². The van der Waals surface area contributed by atoms with Crippen LogP contribution in [-0.4, -0.2) is 82.5 Å². The second-order valence-corrected chi connectivity index (χ2v) is 11.8. The van der Waals surface area contributed by atoms with Gasteiger partial charge in [0.05, 0.1) is 11.6 Å². The predicted molar refractivity (Wildman–Crippen MR) is 147 cm³/mol. The van der Waals surface area contributed by atoms with E-state index < -0.39 is 58.0 Å². The van der Waals surface area contributed by atoms with Crippen molar-refractivity contribution >= 4 is 45.6 Å². The van der Waals surface area contributed by atoms with Gasteiger partial charge in [-0.25, -0.2) is 4.98 Å². The van der Waals surface area contributed by atoms with Gasteiger partial charge in [0.2, 0.25) is 11.7 Å². The molecule has 0 fully saturated rings. The van der Waals surface area contributed by atoms with Crippen molar-refractivity contribution in [3.05, 3.63) is 56.7 Å². The number of ketones is 2. The molecule has 0 aliphatic heterocycles. The first kappa shape index (κ1) is 26.2. The zero-order valence-electron chi connectivity index (χ0n) is 22.3. The van der Waals surface area contributed by atoms with Crippen LogP contribution < -0.4 is 10.6 Å². The van der Waals surface area contributed by atoms with Gasteiger partial charge in [0.15, 0.2) is 17.0 Å². The summed E-state index contributed by atoms with van der Waals surface area (Å²) in [6.07, 6.45) is 0.375. The molecular weight excluding hydrogens is 536 g/mol. The van der Waals surface area contributed by atoms with E-state index in [4.69, 9.17) is 10.2 Å². The number of aromatic nitrogens is 1. The number of Topliss-reactive ketones (excluding diaryl/α,β-unsaturated/α-hetero) is 2. The summed E-state index contributed by atoms with van der Waals surface area (Å²) in [6, 6.07) is 2.70. The molecule has 0 saturated heterocycles. The molecule has 3 aliphatic rings. The van der Waals surface area contributed by atoms with E-state index in [1.165, 1.54) is 11.3 Å². The van der Waals surface area contributed by atoms with Gasteiger partial charge in [0.1, 0.15) is 22.6 Å². The number of oxazole rings is 1. The van der Waals surface area contributed by atoms with Crippen molar-refractivity contribution in [3.63, 3.8) is 0 Å². The van der Waals surface area contributed by atoms with Gasteiger partial charge in [-0.2, -0.15) is 11.3 Å². The molecule has 11 nitrogen and oxygen atoms in total. The Labute approximate surface area is 232 Å². The maximum absolute atomic E-state index is 14.3. The Hall–Kier alpha value is -4.00. The lowest BCUT2D eigenvalue weighted by molar-refractivity contribution is -0.148. The third-order valence-corrected chi connectivity index (χ3v) is 9.01. The fraction of sp³-hybridized carbons (Fsp3) is 0.357. The summed E-state index contributed by atoms with van der Waals surface area (Å²) in [5.41, 5.74) is 4.98. The molecule has 3 aromatic rings. The first-order valence-electron chi connectivity index (χ1n) is 12.7. The fourth-order valence-electron chi connectivity index (χ4n) is 6.60. The van der Waals surface area contributed by atoms with E-state index in [0.717, 1.165) is 11.3 Å². The Kier molecular flexibility index (Phi) is 5.74. The van der Waals surface area contributed by atoms with E-state index in [0.29, 0.717) is 23.4 Å². The average Bonchev–Trinajstić information content (AvgIpc) is 3.55. The van der Waals surface area contributed by atoms with Gasteiger partial charge in [-0.3, -0.25) is 19.3 Å². The molecule has 4 atom stereocenters. The predicted octanol–water partition coefficient (Wildman–Crippen LogP) is 2.35. The van der Waals surface area contributed by atoms with Crippen molar-refractivity contribution in [3.8, 4) is 11.5 Å². The summed E-state index contributed by atoms with van der Waals surface area (Å²) in [5, 5.41) is 38.1. The first-order chi connectivity index (χ1) is 18.9. The number of carbonyl (C=O) groups is 3. The van der Waals surface area contributed by atoms with E-state index in [-0.39, 0.29) is 23.1 Å². The van der Waals surface area contributed by atoms with Crippen LogP contribution in [0.2, 0.25) is 0 Å². The molecule has 5 N–H and O–H groups in total. The highest BCUT2D eigenvalue weighted by Crippen LogP contribution is 2.53. The van der Waals surface area contributed by atoms with Crippen LogP contribution in [0.5, 0.6) is 0 Å². The second-order valence-electron chi connectivity index (χ2n) is 11.0. The van der Waals surface area contributed by atoms with Crippen molar-refractivity contribution in [2.24, 2.45) is 17.6 Å². The largest absolute Gasteiger partial charge is 0.510 e. The highest BCUT2D eigenvalue weighted by Gasteiger charge is 2.63. The van der Waals surface area contributed by atoms with Crippen molar-refractivity contribution in [1.29, 1.82) is 0 Å². The molecule has 1 amide bonds. The fourth-order valence-corrected chi connectivity index (χ4v) is 7.23. The quantitative estimate of drug-likeness (QED) is 0.345. The number of thiophene rings is 1. The van der Waals surface area contributed by atoms with Gasteiger partial charge in [-0.1, -0.05) is 0 Å². The lowest BCUT2D eigenvalue weighted by Gasteiger charge is -2.50. The number of benzene rings is 1. The number of nitrogens with zero attached hydrogens (tertiary/aromatic N) is 3. The molecule has 12 heteroatoms. The van der Waals surface area contributed by atoms with Crippen LogP contribution in [0, 0.1) is 11.8 Å². The minimum absolute atomic E-state index is 0.0766. The number of hydrogen-bond acceptors (Lipinski definition) is 11. The lowest BCUT2D eigenvalue weighted by Crippen LogP contribution is -2.63.